The van der Waals surface area contributed by atoms with E-state index in [2.05, 4.69) is 10.2 Å². The Labute approximate surface area is 94.9 Å². The lowest BCUT2D eigenvalue weighted by atomic mass is 10.2. The molecular weight excluding hydrogens is 206 g/mol. The fourth-order valence-corrected chi connectivity index (χ4v) is 1.36. The molecule has 0 aromatic carbocycles. The van der Waals surface area contributed by atoms with Crippen LogP contribution in [0.3, 0.4) is 0 Å². The zero-order valence-corrected chi connectivity index (χ0v) is 9.77. The van der Waals surface area contributed by atoms with E-state index in [1.807, 2.05) is 18.9 Å². The summed E-state index contributed by atoms with van der Waals surface area (Å²) < 4.78 is 5.07. The second-order valence-electron chi connectivity index (χ2n) is 3.60. The number of nitrogens with one attached hydrogen (secondary N) is 1. The summed E-state index contributed by atoms with van der Waals surface area (Å²) in [6, 6.07) is 1.82. The first-order valence-corrected chi connectivity index (χ1v) is 4.95. The van der Waals surface area contributed by atoms with E-state index in [0.717, 1.165) is 0 Å². The van der Waals surface area contributed by atoms with Crippen LogP contribution in [0.1, 0.15) is 12.5 Å². The molecule has 1 atom stereocenters. The van der Waals surface area contributed by atoms with Crippen molar-refractivity contribution in [3.63, 3.8) is 0 Å². The second-order valence-corrected chi connectivity index (χ2v) is 3.60. The number of ether oxygens (including phenoxy) is 1. The summed E-state index contributed by atoms with van der Waals surface area (Å²) in [5, 5.41) is 15.3. The van der Waals surface area contributed by atoms with Crippen LogP contribution in [-0.4, -0.2) is 42.8 Å². The summed E-state index contributed by atoms with van der Waals surface area (Å²) in [4.78, 5) is 1.90. The molecule has 0 spiro atoms. The van der Waals surface area contributed by atoms with Crippen molar-refractivity contribution in [3.05, 3.63) is 17.8 Å². The summed E-state index contributed by atoms with van der Waals surface area (Å²) in [6.45, 7) is 2.58. The topological polar surface area (TPSA) is 88.1 Å². The summed E-state index contributed by atoms with van der Waals surface area (Å²) >= 11 is 0. The van der Waals surface area contributed by atoms with Gasteiger partial charge in [-0.3, -0.25) is 5.41 Å². The van der Waals surface area contributed by atoms with Crippen molar-refractivity contribution in [1.82, 2.24) is 10.2 Å². The molecule has 0 fully saturated rings. The molecule has 6 nitrogen and oxygen atoms in total. The molecule has 6 heteroatoms. The van der Waals surface area contributed by atoms with E-state index in [0.29, 0.717) is 18.0 Å². The average molecular weight is 223 g/mol. The number of hydrogen-bond acceptors (Lipinski definition) is 5. The second kappa shape index (κ2) is 5.41. The summed E-state index contributed by atoms with van der Waals surface area (Å²) in [5.41, 5.74) is 6.07. The smallest absolute Gasteiger partial charge is 0.162 e. The van der Waals surface area contributed by atoms with Crippen LogP contribution in [0, 0.1) is 5.41 Å². The van der Waals surface area contributed by atoms with E-state index >= 15 is 0 Å². The minimum Gasteiger partial charge on any atom is -0.384 e. The van der Waals surface area contributed by atoms with Crippen molar-refractivity contribution in [2.24, 2.45) is 5.73 Å². The molecule has 3 N–H and O–H groups in total. The maximum atomic E-state index is 7.46. The number of likely N-dealkylation sites (N-methyl/N-ethyl adjacent to an activating group) is 1. The van der Waals surface area contributed by atoms with E-state index in [1.54, 1.807) is 13.2 Å². The molecule has 1 aromatic rings. The molecule has 88 valence electrons. The van der Waals surface area contributed by atoms with Gasteiger partial charge in [0.15, 0.2) is 5.82 Å². The first kappa shape index (κ1) is 12.4. The Kier molecular flexibility index (Phi) is 4.19. The van der Waals surface area contributed by atoms with E-state index < -0.39 is 0 Å². The molecule has 0 saturated heterocycles. The van der Waals surface area contributed by atoms with Crippen LogP contribution in [0.15, 0.2) is 12.3 Å². The highest BCUT2D eigenvalue weighted by Crippen LogP contribution is 2.16. The highest BCUT2D eigenvalue weighted by molar-refractivity contribution is 5.99. The Balaban J connectivity index is 2.98. The molecule has 1 heterocycles. The molecular formula is C10H17N5O. The third kappa shape index (κ3) is 2.66. The lowest BCUT2D eigenvalue weighted by Crippen LogP contribution is -2.35. The maximum Gasteiger partial charge on any atom is 0.162 e. The Morgan fingerprint density at radius 3 is 2.94 bits per heavy atom. The van der Waals surface area contributed by atoms with Gasteiger partial charge in [-0.25, -0.2) is 0 Å². The van der Waals surface area contributed by atoms with Crippen molar-refractivity contribution in [3.8, 4) is 0 Å². The number of nitrogens with zero attached hydrogens (tertiary/aromatic N) is 3. The normalized spacial score (nSPS) is 12.2. The van der Waals surface area contributed by atoms with E-state index in [4.69, 9.17) is 15.9 Å². The number of anilines is 1. The first-order valence-electron chi connectivity index (χ1n) is 4.95. The highest BCUT2D eigenvalue weighted by Gasteiger charge is 2.16. The molecule has 0 bridgehead atoms. The van der Waals surface area contributed by atoms with E-state index in [1.165, 1.54) is 6.20 Å². The van der Waals surface area contributed by atoms with Gasteiger partial charge in [0.05, 0.1) is 24.4 Å². The Morgan fingerprint density at radius 1 is 1.69 bits per heavy atom. The van der Waals surface area contributed by atoms with Crippen LogP contribution >= 0.6 is 0 Å². The average Bonchev–Trinajstić information content (AvgIpc) is 2.28. The van der Waals surface area contributed by atoms with Crippen molar-refractivity contribution >= 4 is 11.7 Å². The number of methoxy groups -OCH3 is 1. The number of amidine groups is 1. The number of nitrogens with two attached hydrogens (primary N) is 1. The molecule has 0 saturated carbocycles. The van der Waals surface area contributed by atoms with Gasteiger partial charge in [-0.2, -0.15) is 5.10 Å². The van der Waals surface area contributed by atoms with Gasteiger partial charge in [0.25, 0.3) is 0 Å². The molecule has 0 aliphatic heterocycles. The summed E-state index contributed by atoms with van der Waals surface area (Å²) in [7, 11) is 3.52. The van der Waals surface area contributed by atoms with Gasteiger partial charge in [-0.1, -0.05) is 0 Å². The lowest BCUT2D eigenvalue weighted by Gasteiger charge is -2.26. The van der Waals surface area contributed by atoms with Gasteiger partial charge in [0, 0.05) is 14.2 Å². The number of rotatable bonds is 5. The van der Waals surface area contributed by atoms with Crippen LogP contribution in [0.4, 0.5) is 5.82 Å². The van der Waals surface area contributed by atoms with Gasteiger partial charge >= 0.3 is 0 Å². The molecule has 1 rings (SSSR count). The van der Waals surface area contributed by atoms with Gasteiger partial charge in [0.1, 0.15) is 5.84 Å². The third-order valence-corrected chi connectivity index (χ3v) is 2.39. The predicted octanol–water partition coefficient (Wildman–Crippen LogP) is 0.232. The first-order chi connectivity index (χ1) is 7.57. The number of hydrogen-bond donors (Lipinski definition) is 2. The van der Waals surface area contributed by atoms with Crippen LogP contribution in [0.25, 0.3) is 0 Å². The third-order valence-electron chi connectivity index (χ3n) is 2.39. The van der Waals surface area contributed by atoms with Crippen LogP contribution in [0.5, 0.6) is 0 Å². The molecule has 16 heavy (non-hydrogen) atoms. The van der Waals surface area contributed by atoms with Crippen molar-refractivity contribution < 1.29 is 4.74 Å². The van der Waals surface area contributed by atoms with E-state index in [-0.39, 0.29) is 11.9 Å². The largest absolute Gasteiger partial charge is 0.384 e. The van der Waals surface area contributed by atoms with Crippen molar-refractivity contribution in [2.45, 2.75) is 13.0 Å². The number of nitrogen functional groups attached to an aromatic ring is 1. The Bertz CT molecular complexity index is 368. The SMILES string of the molecule is COCC(C)N(C)c1nnccc1C(=N)N. The van der Waals surface area contributed by atoms with Crippen LogP contribution < -0.4 is 10.6 Å². The zero-order valence-electron chi connectivity index (χ0n) is 9.77. The fourth-order valence-electron chi connectivity index (χ4n) is 1.36. The minimum atomic E-state index is -0.0126. The summed E-state index contributed by atoms with van der Waals surface area (Å²) in [5.74, 6) is 0.584. The lowest BCUT2D eigenvalue weighted by molar-refractivity contribution is 0.183. The molecule has 1 aromatic heterocycles. The fraction of sp³-hybridized carbons (Fsp3) is 0.500. The highest BCUT2D eigenvalue weighted by atomic mass is 16.5. The molecule has 0 aliphatic carbocycles. The Hall–Kier alpha value is -1.69. The van der Waals surface area contributed by atoms with Crippen LogP contribution in [-0.2, 0) is 4.74 Å². The summed E-state index contributed by atoms with van der Waals surface area (Å²) in [6.07, 6.45) is 1.52. The van der Waals surface area contributed by atoms with Gasteiger partial charge < -0.3 is 15.4 Å². The maximum absolute atomic E-state index is 7.46. The van der Waals surface area contributed by atoms with Gasteiger partial charge in [0.2, 0.25) is 0 Å². The standard InChI is InChI=1S/C10H17N5O/c1-7(6-16-3)15(2)10-8(9(11)12)4-5-13-14-10/h4-5,7H,6H2,1-3H3,(H3,11,12). The molecule has 0 radical (unpaired) electrons. The Morgan fingerprint density at radius 2 is 2.38 bits per heavy atom. The van der Waals surface area contributed by atoms with Gasteiger partial charge in [-0.05, 0) is 13.0 Å². The molecule has 0 aliphatic rings. The minimum absolute atomic E-state index is 0.0126. The van der Waals surface area contributed by atoms with Crippen LogP contribution in [0.2, 0.25) is 0 Å². The monoisotopic (exact) mass is 223 g/mol. The predicted molar refractivity (Wildman–Crippen MR) is 62.8 cm³/mol. The van der Waals surface area contributed by atoms with Crippen molar-refractivity contribution in [1.29, 1.82) is 5.41 Å². The molecule has 0 amide bonds. The number of aromatic nitrogens is 2. The van der Waals surface area contributed by atoms with Gasteiger partial charge in [-0.15, -0.1) is 5.10 Å². The quantitative estimate of drug-likeness (QED) is 0.551. The zero-order chi connectivity index (χ0) is 12.1. The van der Waals surface area contributed by atoms with E-state index in [9.17, 15) is 0 Å². The molecule has 1 unspecified atom stereocenters. The van der Waals surface area contributed by atoms with Crippen molar-refractivity contribution in [2.75, 3.05) is 25.7 Å².